The molecule has 0 fully saturated rings. The maximum absolute atomic E-state index is 12.1. The smallest absolute Gasteiger partial charge is 0.455 e. The highest BCUT2D eigenvalue weighted by atomic mass is 35.5. The van der Waals surface area contributed by atoms with Crippen LogP contribution in [0.2, 0.25) is 0 Å². The molecule has 0 radical (unpaired) electrons. The Morgan fingerprint density at radius 2 is 1.30 bits per heavy atom. The second-order valence-electron chi connectivity index (χ2n) is 4.35. The minimum Gasteiger partial charge on any atom is -0.455 e. The summed E-state index contributed by atoms with van der Waals surface area (Å²) in [6, 6.07) is 0. The van der Waals surface area contributed by atoms with Crippen molar-refractivity contribution in [3.8, 4) is 0 Å². The number of halogens is 7. The van der Waals surface area contributed by atoms with E-state index in [9.17, 15) is 40.7 Å². The van der Waals surface area contributed by atoms with Crippen molar-refractivity contribution in [2.75, 3.05) is 5.88 Å². The van der Waals surface area contributed by atoms with Crippen LogP contribution in [-0.2, 0) is 23.9 Å². The van der Waals surface area contributed by atoms with Crippen molar-refractivity contribution in [1.29, 1.82) is 0 Å². The Hall–Kier alpha value is -1.52. The predicted octanol–water partition coefficient (Wildman–Crippen LogP) is 2.54. The van der Waals surface area contributed by atoms with Crippen molar-refractivity contribution < 1.29 is 50.2 Å². The lowest BCUT2D eigenvalue weighted by atomic mass is 10.1. The number of rotatable bonds is 7. The van der Waals surface area contributed by atoms with Crippen molar-refractivity contribution in [2.24, 2.45) is 0 Å². The fourth-order valence-electron chi connectivity index (χ4n) is 1.37. The number of ether oxygens (including phenoxy) is 2. The SMILES string of the molecule is CC(=O)CC(CC(CCl)OC(=O)C(F)(F)F)OC(=O)C(F)(F)F. The van der Waals surface area contributed by atoms with Gasteiger partial charge in [0.1, 0.15) is 18.0 Å². The van der Waals surface area contributed by atoms with Crippen LogP contribution in [0.3, 0.4) is 0 Å². The molecule has 0 amide bonds. The zero-order valence-electron chi connectivity index (χ0n) is 11.5. The van der Waals surface area contributed by atoms with E-state index in [1.807, 2.05) is 0 Å². The molecule has 23 heavy (non-hydrogen) atoms. The van der Waals surface area contributed by atoms with E-state index < -0.39 is 61.0 Å². The molecule has 0 saturated carbocycles. The molecule has 134 valence electrons. The Morgan fingerprint density at radius 1 is 0.913 bits per heavy atom. The second-order valence-corrected chi connectivity index (χ2v) is 4.65. The fourth-order valence-corrected chi connectivity index (χ4v) is 1.55. The largest absolute Gasteiger partial charge is 0.490 e. The van der Waals surface area contributed by atoms with Crippen molar-refractivity contribution in [3.05, 3.63) is 0 Å². The summed E-state index contributed by atoms with van der Waals surface area (Å²) in [5.41, 5.74) is 0. The Labute approximate surface area is 130 Å². The van der Waals surface area contributed by atoms with Crippen LogP contribution in [0.5, 0.6) is 0 Å². The van der Waals surface area contributed by atoms with Gasteiger partial charge in [0.15, 0.2) is 0 Å². The van der Waals surface area contributed by atoms with E-state index in [0.29, 0.717) is 0 Å². The van der Waals surface area contributed by atoms with Gasteiger partial charge in [0.25, 0.3) is 0 Å². The molecule has 0 aromatic carbocycles. The van der Waals surface area contributed by atoms with E-state index >= 15 is 0 Å². The summed E-state index contributed by atoms with van der Waals surface area (Å²) in [6.07, 6.45) is -15.6. The number of esters is 2. The van der Waals surface area contributed by atoms with Crippen molar-refractivity contribution in [2.45, 2.75) is 44.3 Å². The third kappa shape index (κ3) is 8.62. The molecule has 0 aromatic rings. The van der Waals surface area contributed by atoms with Gasteiger partial charge in [0.2, 0.25) is 0 Å². The first-order valence-electron chi connectivity index (χ1n) is 5.88. The summed E-state index contributed by atoms with van der Waals surface area (Å²) in [5.74, 6) is -6.63. The average Bonchev–Trinajstić information content (AvgIpc) is 2.34. The van der Waals surface area contributed by atoms with Gasteiger partial charge in [0, 0.05) is 12.8 Å². The summed E-state index contributed by atoms with van der Waals surface area (Å²) in [6.45, 7) is 0.964. The van der Waals surface area contributed by atoms with Gasteiger partial charge >= 0.3 is 24.3 Å². The number of hydrogen-bond acceptors (Lipinski definition) is 5. The zero-order chi connectivity index (χ0) is 18.4. The van der Waals surface area contributed by atoms with E-state index in [4.69, 9.17) is 11.6 Å². The molecular weight excluding hydrogens is 362 g/mol. The van der Waals surface area contributed by atoms with Crippen LogP contribution in [0.4, 0.5) is 26.3 Å². The molecule has 0 rings (SSSR count). The number of ketones is 1. The maximum Gasteiger partial charge on any atom is 0.490 e. The van der Waals surface area contributed by atoms with Gasteiger partial charge in [0.05, 0.1) is 5.88 Å². The molecule has 5 nitrogen and oxygen atoms in total. The minimum atomic E-state index is -5.35. The van der Waals surface area contributed by atoms with Crippen LogP contribution in [0.25, 0.3) is 0 Å². The quantitative estimate of drug-likeness (QED) is 0.390. The minimum absolute atomic E-state index is 0.694. The highest BCUT2D eigenvalue weighted by molar-refractivity contribution is 6.18. The van der Waals surface area contributed by atoms with Crippen molar-refractivity contribution in [3.63, 3.8) is 0 Å². The lowest BCUT2D eigenvalue weighted by Gasteiger charge is -2.22. The molecule has 0 bridgehead atoms. The molecular formula is C11H11ClF6O5. The van der Waals surface area contributed by atoms with Gasteiger partial charge < -0.3 is 9.47 Å². The molecule has 0 aliphatic heterocycles. The van der Waals surface area contributed by atoms with Gasteiger partial charge in [-0.3, -0.25) is 4.79 Å². The second kappa shape index (κ2) is 8.37. The van der Waals surface area contributed by atoms with E-state index in [-0.39, 0.29) is 0 Å². The summed E-state index contributed by atoms with van der Waals surface area (Å²) in [4.78, 5) is 32.3. The number of carbonyl (C=O) groups excluding carboxylic acids is 3. The van der Waals surface area contributed by atoms with Crippen LogP contribution in [0, 0.1) is 0 Å². The monoisotopic (exact) mass is 372 g/mol. The molecule has 0 N–H and O–H groups in total. The van der Waals surface area contributed by atoms with E-state index in [1.165, 1.54) is 0 Å². The number of alkyl halides is 7. The summed E-state index contributed by atoms with van der Waals surface area (Å²) < 4.78 is 80.5. The van der Waals surface area contributed by atoms with Gasteiger partial charge in [-0.05, 0) is 6.92 Å². The van der Waals surface area contributed by atoms with Crippen LogP contribution >= 0.6 is 11.6 Å². The molecule has 2 unspecified atom stereocenters. The Morgan fingerprint density at radius 3 is 1.61 bits per heavy atom. The fraction of sp³-hybridized carbons (Fsp3) is 0.727. The molecule has 0 heterocycles. The lowest BCUT2D eigenvalue weighted by Crippen LogP contribution is -2.36. The van der Waals surface area contributed by atoms with Gasteiger partial charge in [-0.1, -0.05) is 0 Å². The maximum atomic E-state index is 12.1. The van der Waals surface area contributed by atoms with E-state index in [0.717, 1.165) is 6.92 Å². The third-order valence-electron chi connectivity index (χ3n) is 2.22. The third-order valence-corrected chi connectivity index (χ3v) is 2.57. The summed E-state index contributed by atoms with van der Waals surface area (Å²) in [7, 11) is 0. The molecule has 0 saturated heterocycles. The molecule has 0 aliphatic carbocycles. The molecule has 12 heteroatoms. The lowest BCUT2D eigenvalue weighted by molar-refractivity contribution is -0.210. The Kier molecular flexibility index (Phi) is 7.81. The zero-order valence-corrected chi connectivity index (χ0v) is 12.2. The Balaban J connectivity index is 4.94. The Bertz CT molecular complexity index is 447. The number of hydrogen-bond donors (Lipinski definition) is 0. The van der Waals surface area contributed by atoms with Gasteiger partial charge in [-0.2, -0.15) is 26.3 Å². The van der Waals surface area contributed by atoms with Crippen LogP contribution in [0.15, 0.2) is 0 Å². The summed E-state index contributed by atoms with van der Waals surface area (Å²) >= 11 is 5.28. The standard InChI is InChI=1S/C11H11ClF6O5/c1-5(19)2-6(22-8(20)10(13,14)15)3-7(4-12)23-9(21)11(16,17)18/h6-7H,2-4H2,1H3. The normalized spacial score (nSPS) is 14.8. The average molecular weight is 373 g/mol. The van der Waals surface area contributed by atoms with E-state index in [1.54, 1.807) is 0 Å². The van der Waals surface area contributed by atoms with Crippen LogP contribution in [-0.4, -0.2) is 48.2 Å². The van der Waals surface area contributed by atoms with E-state index in [2.05, 4.69) is 9.47 Å². The number of Topliss-reactive ketones (excluding diaryl/α,β-unsaturated/α-hetero) is 1. The highest BCUT2D eigenvalue weighted by Crippen LogP contribution is 2.23. The van der Waals surface area contributed by atoms with Crippen LogP contribution < -0.4 is 0 Å². The first kappa shape index (κ1) is 21.5. The van der Waals surface area contributed by atoms with Gasteiger partial charge in [-0.15, -0.1) is 11.6 Å². The van der Waals surface area contributed by atoms with Crippen molar-refractivity contribution in [1.82, 2.24) is 0 Å². The van der Waals surface area contributed by atoms with Crippen LogP contribution in [0.1, 0.15) is 19.8 Å². The number of carbonyl (C=O) groups is 3. The summed E-state index contributed by atoms with van der Waals surface area (Å²) in [5, 5.41) is 0. The molecule has 0 spiro atoms. The van der Waals surface area contributed by atoms with Gasteiger partial charge in [-0.25, -0.2) is 9.59 Å². The highest BCUT2D eigenvalue weighted by Gasteiger charge is 2.44. The molecule has 0 aromatic heterocycles. The molecule has 2 atom stereocenters. The van der Waals surface area contributed by atoms with Crippen molar-refractivity contribution >= 4 is 29.3 Å². The molecule has 0 aliphatic rings. The predicted molar refractivity (Wildman–Crippen MR) is 62.5 cm³/mol. The topological polar surface area (TPSA) is 69.7 Å². The first-order valence-corrected chi connectivity index (χ1v) is 6.41. The first-order chi connectivity index (χ1) is 10.3.